The van der Waals surface area contributed by atoms with Crippen molar-refractivity contribution in [3.8, 4) is 0 Å². The summed E-state index contributed by atoms with van der Waals surface area (Å²) in [5.41, 5.74) is 0. The van der Waals surface area contributed by atoms with Crippen molar-refractivity contribution in [3.63, 3.8) is 0 Å². The number of aliphatic hydroxyl groups excluding tert-OH is 1. The van der Waals surface area contributed by atoms with Crippen LogP contribution < -0.4 is 0 Å². The van der Waals surface area contributed by atoms with Crippen molar-refractivity contribution < 1.29 is 5.11 Å². The van der Waals surface area contributed by atoms with Crippen molar-refractivity contribution in [2.45, 2.75) is 37.8 Å². The van der Waals surface area contributed by atoms with E-state index in [1.807, 2.05) is 0 Å². The third-order valence-electron chi connectivity index (χ3n) is 4.11. The van der Waals surface area contributed by atoms with Crippen LogP contribution in [-0.4, -0.2) is 35.2 Å². The number of hydrogen-bond acceptors (Lipinski definition) is 2. The van der Waals surface area contributed by atoms with Crippen LogP contribution in [0, 0.1) is 11.8 Å². The van der Waals surface area contributed by atoms with Crippen molar-refractivity contribution in [1.82, 2.24) is 4.90 Å². The maximum Gasteiger partial charge on any atom is 0.0546 e. The number of nitrogens with zero attached hydrogens (tertiary/aromatic N) is 1. The van der Waals surface area contributed by atoms with Gasteiger partial charge in [-0.3, -0.25) is 4.90 Å². The van der Waals surface area contributed by atoms with Crippen molar-refractivity contribution in [2.75, 3.05) is 13.1 Å². The fourth-order valence-electron chi connectivity index (χ4n) is 3.71. The molecule has 2 unspecified atom stereocenters. The van der Waals surface area contributed by atoms with Crippen molar-refractivity contribution in [1.29, 1.82) is 0 Å². The quantitative estimate of drug-likeness (QED) is 0.578. The molecule has 3 aliphatic rings. The number of hydrogen-bond donors (Lipinski definition) is 1. The summed E-state index contributed by atoms with van der Waals surface area (Å²) in [4.78, 5) is 2.65. The zero-order chi connectivity index (χ0) is 8.13. The molecule has 4 atom stereocenters. The van der Waals surface area contributed by atoms with Crippen molar-refractivity contribution in [3.05, 3.63) is 0 Å². The van der Waals surface area contributed by atoms with Gasteiger partial charge in [0.2, 0.25) is 0 Å². The van der Waals surface area contributed by atoms with Gasteiger partial charge in [-0.2, -0.15) is 0 Å². The van der Waals surface area contributed by atoms with Gasteiger partial charge in [0.05, 0.1) is 6.10 Å². The summed E-state index contributed by atoms with van der Waals surface area (Å²) in [6.07, 6.45) is 4.88. The summed E-state index contributed by atoms with van der Waals surface area (Å²) < 4.78 is 0. The lowest BCUT2D eigenvalue weighted by atomic mass is 9.76. The third kappa shape index (κ3) is 0.882. The Morgan fingerprint density at radius 2 is 1.58 bits per heavy atom. The van der Waals surface area contributed by atoms with Gasteiger partial charge in [-0.15, -0.1) is 0 Å². The standard InChI is InChI=1S/C10H17NO/c12-9-5-7-1-3-11-4-2-8(6-9)10(7)11/h7-10,12H,1-6H2/t7-,8+,9?,10?. The summed E-state index contributed by atoms with van der Waals surface area (Å²) in [7, 11) is 0. The van der Waals surface area contributed by atoms with E-state index in [1.165, 1.54) is 25.9 Å². The normalized spacial score (nSPS) is 52.8. The molecule has 3 fully saturated rings. The Morgan fingerprint density at radius 1 is 1.00 bits per heavy atom. The zero-order valence-corrected chi connectivity index (χ0v) is 7.45. The Morgan fingerprint density at radius 3 is 2.17 bits per heavy atom. The second-order valence-electron chi connectivity index (χ2n) is 4.75. The minimum atomic E-state index is 0.0225. The molecule has 0 bridgehead atoms. The second kappa shape index (κ2) is 2.46. The van der Waals surface area contributed by atoms with Gasteiger partial charge >= 0.3 is 0 Å². The van der Waals surface area contributed by atoms with E-state index in [-0.39, 0.29) is 6.10 Å². The van der Waals surface area contributed by atoms with Crippen molar-refractivity contribution >= 4 is 0 Å². The van der Waals surface area contributed by atoms with Gasteiger partial charge in [0.15, 0.2) is 0 Å². The molecule has 2 nitrogen and oxygen atoms in total. The Kier molecular flexibility index (Phi) is 1.50. The maximum atomic E-state index is 9.66. The molecule has 2 heterocycles. The molecule has 0 aromatic carbocycles. The molecule has 0 aromatic heterocycles. The molecule has 12 heavy (non-hydrogen) atoms. The van der Waals surface area contributed by atoms with Gasteiger partial charge in [0.1, 0.15) is 0 Å². The molecule has 0 radical (unpaired) electrons. The number of aliphatic hydroxyl groups is 1. The van der Waals surface area contributed by atoms with Gasteiger partial charge in [-0.25, -0.2) is 0 Å². The van der Waals surface area contributed by atoms with Gasteiger partial charge in [-0.1, -0.05) is 0 Å². The van der Waals surface area contributed by atoms with Gasteiger partial charge in [-0.05, 0) is 50.6 Å². The highest BCUT2D eigenvalue weighted by Gasteiger charge is 2.47. The summed E-state index contributed by atoms with van der Waals surface area (Å²) in [5, 5.41) is 9.66. The van der Waals surface area contributed by atoms with Crippen LogP contribution in [-0.2, 0) is 0 Å². The van der Waals surface area contributed by atoms with E-state index in [2.05, 4.69) is 4.90 Å². The first-order valence-corrected chi connectivity index (χ1v) is 5.27. The lowest BCUT2D eigenvalue weighted by Crippen LogP contribution is -2.38. The molecule has 2 heteroatoms. The van der Waals surface area contributed by atoms with Crippen LogP contribution in [0.1, 0.15) is 25.7 Å². The molecule has 2 saturated heterocycles. The number of rotatable bonds is 0. The monoisotopic (exact) mass is 167 g/mol. The molecule has 1 aliphatic carbocycles. The van der Waals surface area contributed by atoms with E-state index in [0.717, 1.165) is 30.7 Å². The SMILES string of the molecule is OC1C[C@H]2CCN3CC[C@@H](C1)C23. The van der Waals surface area contributed by atoms with Gasteiger partial charge in [0, 0.05) is 6.04 Å². The van der Waals surface area contributed by atoms with Crippen LogP contribution in [0.25, 0.3) is 0 Å². The highest BCUT2D eigenvalue weighted by Crippen LogP contribution is 2.44. The predicted molar refractivity (Wildman–Crippen MR) is 46.8 cm³/mol. The first kappa shape index (κ1) is 7.34. The van der Waals surface area contributed by atoms with E-state index in [4.69, 9.17) is 0 Å². The van der Waals surface area contributed by atoms with Gasteiger partial charge in [0.25, 0.3) is 0 Å². The van der Waals surface area contributed by atoms with Gasteiger partial charge < -0.3 is 5.11 Å². The van der Waals surface area contributed by atoms with Crippen LogP contribution in [0.2, 0.25) is 0 Å². The summed E-state index contributed by atoms with van der Waals surface area (Å²) in [5.74, 6) is 1.67. The van der Waals surface area contributed by atoms with Crippen molar-refractivity contribution in [2.24, 2.45) is 11.8 Å². The molecule has 3 rings (SSSR count). The highest BCUT2D eigenvalue weighted by atomic mass is 16.3. The average molecular weight is 167 g/mol. The fraction of sp³-hybridized carbons (Fsp3) is 1.00. The zero-order valence-electron chi connectivity index (χ0n) is 7.45. The molecule has 0 amide bonds. The Bertz CT molecular complexity index is 176. The first-order valence-electron chi connectivity index (χ1n) is 5.27. The molecule has 0 spiro atoms. The third-order valence-corrected chi connectivity index (χ3v) is 4.11. The molecular formula is C10H17NO. The minimum Gasteiger partial charge on any atom is -0.393 e. The molecular weight excluding hydrogens is 150 g/mol. The average Bonchev–Trinajstić information content (AvgIpc) is 2.59. The minimum absolute atomic E-state index is 0.0225. The predicted octanol–water partition coefficient (Wildman–Crippen LogP) is 0.851. The maximum absolute atomic E-state index is 9.66. The Balaban J connectivity index is 1.86. The first-order chi connectivity index (χ1) is 5.84. The van der Waals surface area contributed by atoms with E-state index in [0.29, 0.717) is 0 Å². The lowest BCUT2D eigenvalue weighted by molar-refractivity contribution is 0.0563. The summed E-state index contributed by atoms with van der Waals surface area (Å²) >= 11 is 0. The molecule has 2 aliphatic heterocycles. The Hall–Kier alpha value is -0.0800. The summed E-state index contributed by atoms with van der Waals surface area (Å²) in [6.45, 7) is 2.61. The largest absolute Gasteiger partial charge is 0.393 e. The molecule has 1 saturated carbocycles. The molecule has 1 N–H and O–H groups in total. The van der Waals surface area contributed by atoms with Crippen LogP contribution in [0.4, 0.5) is 0 Å². The highest BCUT2D eigenvalue weighted by molar-refractivity contribution is 5.00. The van der Waals surface area contributed by atoms with Crippen LogP contribution in [0.15, 0.2) is 0 Å². The molecule has 68 valence electrons. The van der Waals surface area contributed by atoms with E-state index >= 15 is 0 Å². The summed E-state index contributed by atoms with van der Waals surface area (Å²) in [6, 6.07) is 0.869. The lowest BCUT2D eigenvalue weighted by Gasteiger charge is -2.34. The van der Waals surface area contributed by atoms with E-state index in [1.54, 1.807) is 0 Å². The smallest absolute Gasteiger partial charge is 0.0546 e. The second-order valence-corrected chi connectivity index (χ2v) is 4.75. The topological polar surface area (TPSA) is 23.5 Å². The van der Waals surface area contributed by atoms with Crippen LogP contribution in [0.5, 0.6) is 0 Å². The van der Waals surface area contributed by atoms with E-state index < -0.39 is 0 Å². The Labute approximate surface area is 73.6 Å². The van der Waals surface area contributed by atoms with Crippen LogP contribution in [0.3, 0.4) is 0 Å². The van der Waals surface area contributed by atoms with Crippen LogP contribution >= 0.6 is 0 Å². The molecule has 0 aromatic rings. The van der Waals surface area contributed by atoms with E-state index in [9.17, 15) is 5.11 Å². The fourth-order valence-corrected chi connectivity index (χ4v) is 3.71.